The van der Waals surface area contributed by atoms with Crippen molar-refractivity contribution < 1.29 is 80.2 Å². The Morgan fingerprint density at radius 1 is 0.283 bits per heavy atom. The molecular formula is C80H156O17P2. The van der Waals surface area contributed by atoms with Gasteiger partial charge < -0.3 is 33.8 Å². The maximum Gasteiger partial charge on any atom is 0.472 e. The van der Waals surface area contributed by atoms with Crippen LogP contribution in [0.15, 0.2) is 0 Å². The van der Waals surface area contributed by atoms with Crippen molar-refractivity contribution in [3.63, 3.8) is 0 Å². The van der Waals surface area contributed by atoms with Crippen molar-refractivity contribution in [1.82, 2.24) is 0 Å². The van der Waals surface area contributed by atoms with E-state index in [0.717, 1.165) is 115 Å². The first-order chi connectivity index (χ1) is 47.7. The van der Waals surface area contributed by atoms with Crippen molar-refractivity contribution in [2.45, 2.75) is 427 Å². The molecule has 0 aromatic heterocycles. The summed E-state index contributed by atoms with van der Waals surface area (Å²) in [5.41, 5.74) is 0. The molecule has 0 spiro atoms. The van der Waals surface area contributed by atoms with Crippen LogP contribution in [0.4, 0.5) is 0 Å². The summed E-state index contributed by atoms with van der Waals surface area (Å²) in [7, 11) is -9.92. The van der Waals surface area contributed by atoms with Gasteiger partial charge in [-0.25, -0.2) is 9.13 Å². The van der Waals surface area contributed by atoms with E-state index in [0.29, 0.717) is 37.5 Å². The van der Waals surface area contributed by atoms with Crippen LogP contribution in [0.1, 0.15) is 409 Å². The van der Waals surface area contributed by atoms with Gasteiger partial charge >= 0.3 is 39.5 Å². The third-order valence-electron chi connectivity index (χ3n) is 19.3. The normalized spacial score (nSPS) is 14.6. The van der Waals surface area contributed by atoms with E-state index in [1.807, 2.05) is 0 Å². The van der Waals surface area contributed by atoms with Gasteiger partial charge in [0.15, 0.2) is 12.2 Å². The predicted molar refractivity (Wildman–Crippen MR) is 404 cm³/mol. The molecule has 99 heavy (non-hydrogen) atoms. The Morgan fingerprint density at radius 2 is 0.485 bits per heavy atom. The van der Waals surface area contributed by atoms with Gasteiger partial charge in [0.1, 0.15) is 19.3 Å². The van der Waals surface area contributed by atoms with E-state index in [4.69, 9.17) is 37.0 Å². The average Bonchev–Trinajstić information content (AvgIpc) is 1.01. The minimum atomic E-state index is -4.96. The first-order valence-electron chi connectivity index (χ1n) is 41.3. The number of carbonyl (C=O) groups excluding carboxylic acids is 4. The van der Waals surface area contributed by atoms with Crippen molar-refractivity contribution in [3.05, 3.63) is 0 Å². The van der Waals surface area contributed by atoms with Gasteiger partial charge in [-0.2, -0.15) is 0 Å². The molecule has 588 valence electrons. The summed E-state index contributed by atoms with van der Waals surface area (Å²) in [5, 5.41) is 10.6. The lowest BCUT2D eigenvalue weighted by atomic mass is 9.99. The number of unbranched alkanes of at least 4 members (excludes halogenated alkanes) is 41. The minimum absolute atomic E-state index is 0.106. The molecule has 0 aliphatic carbocycles. The maximum absolute atomic E-state index is 13.1. The second kappa shape index (κ2) is 69.1. The van der Waals surface area contributed by atoms with Gasteiger partial charge in [0, 0.05) is 25.7 Å². The first kappa shape index (κ1) is 97.1. The highest BCUT2D eigenvalue weighted by atomic mass is 31.2. The van der Waals surface area contributed by atoms with Gasteiger partial charge in [0.2, 0.25) is 0 Å². The largest absolute Gasteiger partial charge is 0.472 e. The van der Waals surface area contributed by atoms with E-state index in [1.54, 1.807) is 0 Å². The number of phosphoric acid groups is 2. The molecule has 0 saturated carbocycles. The zero-order chi connectivity index (χ0) is 73.1. The van der Waals surface area contributed by atoms with Gasteiger partial charge in [-0.3, -0.25) is 37.3 Å². The second-order valence-electron chi connectivity index (χ2n) is 30.2. The SMILES string of the molecule is CCC(C)CCCCCCCCCCCCCCCCCCCCC(=O)O[C@H](COC(=O)CCCCCCCCC(C)C)COP(=O)(O)OCC(O)COP(=O)(O)OC[C@@H](COC(=O)CCCCCCCCCC(C)C)OC(=O)CCCCCCCCCCCCCCCCC(C)CC. The number of ether oxygens (including phenoxy) is 4. The standard InChI is InChI=1S/C80H156O17P2/c1-9-72(7)58-50-42-33-27-23-19-15-13-11-12-14-16-21-25-29-35-46-54-63-80(85)97-76(67-91-78(83)61-53-45-39-38-41-49-57-71(5)6)69-95-99(88,89)93-65-74(81)64-92-98(86,87)94-68-75(66-90-77(82)60-52-44-37-31-32-40-48-56-70(3)4)96-79(84)62-55-47-36-30-26-22-18-17-20-24-28-34-43-51-59-73(8)10-2/h70-76,81H,9-69H2,1-8H3,(H,86,87)(H,88,89)/t72?,73?,74?,75-,76-/m1/s1. The summed E-state index contributed by atoms with van der Waals surface area (Å²) in [5.74, 6) is 0.981. The van der Waals surface area contributed by atoms with Gasteiger partial charge in [-0.05, 0) is 49.4 Å². The number of aliphatic hydroxyl groups is 1. The van der Waals surface area contributed by atoms with E-state index >= 15 is 0 Å². The highest BCUT2D eigenvalue weighted by Gasteiger charge is 2.30. The molecule has 0 radical (unpaired) electrons. The summed E-state index contributed by atoms with van der Waals surface area (Å²) >= 11 is 0. The number of esters is 4. The summed E-state index contributed by atoms with van der Waals surface area (Å²) < 4.78 is 68.6. The molecule has 0 aliphatic rings. The molecule has 3 N–H and O–H groups in total. The van der Waals surface area contributed by atoms with Crippen LogP contribution in [-0.2, 0) is 65.4 Å². The Balaban J connectivity index is 5.14. The van der Waals surface area contributed by atoms with E-state index in [-0.39, 0.29) is 25.7 Å². The Labute approximate surface area is 607 Å². The minimum Gasteiger partial charge on any atom is -0.462 e. The summed E-state index contributed by atoms with van der Waals surface area (Å²) in [4.78, 5) is 72.9. The van der Waals surface area contributed by atoms with Crippen LogP contribution in [0.5, 0.6) is 0 Å². The third-order valence-corrected chi connectivity index (χ3v) is 21.2. The molecule has 0 heterocycles. The number of carbonyl (C=O) groups is 4. The predicted octanol–water partition coefficient (Wildman–Crippen LogP) is 23.6. The van der Waals surface area contributed by atoms with Gasteiger partial charge in [0.05, 0.1) is 26.4 Å². The number of hydrogen-bond donors (Lipinski definition) is 3. The summed E-state index contributed by atoms with van der Waals surface area (Å²) in [6.45, 7) is 14.2. The lowest BCUT2D eigenvalue weighted by Crippen LogP contribution is -2.30. The van der Waals surface area contributed by atoms with E-state index in [2.05, 4.69) is 55.4 Å². The molecule has 19 heteroatoms. The van der Waals surface area contributed by atoms with Crippen molar-refractivity contribution in [1.29, 1.82) is 0 Å². The van der Waals surface area contributed by atoms with Crippen molar-refractivity contribution in [3.8, 4) is 0 Å². The summed E-state index contributed by atoms with van der Waals surface area (Å²) in [6, 6.07) is 0. The van der Waals surface area contributed by atoms with Crippen LogP contribution in [0.3, 0.4) is 0 Å². The summed E-state index contributed by atoms with van der Waals surface area (Å²) in [6.07, 6.45) is 55.8. The zero-order valence-corrected chi connectivity index (χ0v) is 66.9. The fourth-order valence-corrected chi connectivity index (χ4v) is 13.8. The fraction of sp³-hybridized carbons (Fsp3) is 0.950. The topological polar surface area (TPSA) is 237 Å². The van der Waals surface area contributed by atoms with E-state index in [1.165, 1.54) is 199 Å². The molecule has 0 aromatic rings. The first-order valence-corrected chi connectivity index (χ1v) is 44.3. The average molecular weight is 1450 g/mol. The number of phosphoric ester groups is 2. The smallest absolute Gasteiger partial charge is 0.462 e. The molecule has 0 fully saturated rings. The second-order valence-corrected chi connectivity index (χ2v) is 33.1. The number of aliphatic hydroxyl groups excluding tert-OH is 1. The van der Waals surface area contributed by atoms with Crippen LogP contribution >= 0.6 is 15.6 Å². The highest BCUT2D eigenvalue weighted by molar-refractivity contribution is 7.47. The Morgan fingerprint density at radius 3 is 0.717 bits per heavy atom. The van der Waals surface area contributed by atoms with Gasteiger partial charge in [0.25, 0.3) is 0 Å². The van der Waals surface area contributed by atoms with Crippen LogP contribution in [0.25, 0.3) is 0 Å². The van der Waals surface area contributed by atoms with Crippen LogP contribution in [0.2, 0.25) is 0 Å². The maximum atomic E-state index is 13.1. The lowest BCUT2D eigenvalue weighted by Gasteiger charge is -2.21. The van der Waals surface area contributed by atoms with E-state index in [9.17, 15) is 43.2 Å². The molecular weight excluding hydrogens is 1290 g/mol. The fourth-order valence-electron chi connectivity index (χ4n) is 12.2. The third kappa shape index (κ3) is 71.5. The van der Waals surface area contributed by atoms with Crippen LogP contribution in [0, 0.1) is 23.7 Å². The molecule has 0 saturated heterocycles. The Bertz CT molecular complexity index is 1940. The zero-order valence-electron chi connectivity index (χ0n) is 65.1. The van der Waals surface area contributed by atoms with Crippen LogP contribution in [-0.4, -0.2) is 96.7 Å². The number of hydrogen-bond acceptors (Lipinski definition) is 15. The molecule has 0 amide bonds. The molecule has 17 nitrogen and oxygen atoms in total. The molecule has 0 aromatic carbocycles. The van der Waals surface area contributed by atoms with Crippen LogP contribution < -0.4 is 0 Å². The van der Waals surface area contributed by atoms with Crippen molar-refractivity contribution in [2.75, 3.05) is 39.6 Å². The molecule has 0 aliphatic heterocycles. The Hall–Kier alpha value is -1.94. The molecule has 7 atom stereocenters. The number of rotatable bonds is 77. The molecule has 0 bridgehead atoms. The quantitative estimate of drug-likeness (QED) is 0.0222. The molecule has 0 rings (SSSR count). The van der Waals surface area contributed by atoms with Gasteiger partial charge in [-0.1, -0.05) is 357 Å². The molecule has 5 unspecified atom stereocenters. The van der Waals surface area contributed by atoms with Crippen molar-refractivity contribution in [2.24, 2.45) is 23.7 Å². The Kier molecular flexibility index (Phi) is 67.8. The van der Waals surface area contributed by atoms with Crippen molar-refractivity contribution >= 4 is 39.5 Å². The monoisotopic (exact) mass is 1450 g/mol. The highest BCUT2D eigenvalue weighted by Crippen LogP contribution is 2.45. The van der Waals surface area contributed by atoms with E-state index < -0.39 is 97.5 Å². The van der Waals surface area contributed by atoms with Gasteiger partial charge in [-0.15, -0.1) is 0 Å². The lowest BCUT2D eigenvalue weighted by molar-refractivity contribution is -0.161.